The average molecular weight is 242 g/mol. The second-order valence-corrected chi connectivity index (χ2v) is 5.31. The van der Waals surface area contributed by atoms with E-state index in [9.17, 15) is 5.26 Å². The van der Waals surface area contributed by atoms with Crippen molar-refractivity contribution in [3.63, 3.8) is 0 Å². The molecule has 18 heavy (non-hydrogen) atoms. The lowest BCUT2D eigenvalue weighted by atomic mass is 9.82. The highest BCUT2D eigenvalue weighted by atomic mass is 14.9. The number of rotatable bonds is 3. The molecule has 0 aliphatic heterocycles. The van der Waals surface area contributed by atoms with Crippen molar-refractivity contribution in [2.45, 2.75) is 52.0 Å². The van der Waals surface area contributed by atoms with Gasteiger partial charge in [-0.25, -0.2) is 0 Å². The molecule has 1 saturated carbocycles. The van der Waals surface area contributed by atoms with E-state index in [1.54, 1.807) is 0 Å². The first-order valence-corrected chi connectivity index (χ1v) is 7.02. The zero-order chi connectivity index (χ0) is 13.0. The van der Waals surface area contributed by atoms with E-state index in [-0.39, 0.29) is 0 Å². The van der Waals surface area contributed by atoms with Crippen molar-refractivity contribution < 1.29 is 0 Å². The van der Waals surface area contributed by atoms with Crippen molar-refractivity contribution in [2.75, 3.05) is 5.32 Å². The van der Waals surface area contributed by atoms with Crippen LogP contribution in [0.4, 0.5) is 5.69 Å². The molecule has 2 atom stereocenters. The minimum absolute atomic E-state index is 0.539. The molecule has 1 aliphatic rings. The van der Waals surface area contributed by atoms with Gasteiger partial charge < -0.3 is 5.32 Å². The molecule has 0 spiro atoms. The summed E-state index contributed by atoms with van der Waals surface area (Å²) in [5.74, 6) is 0.755. The Balaban J connectivity index is 2.20. The molecule has 1 fully saturated rings. The summed E-state index contributed by atoms with van der Waals surface area (Å²) in [6.07, 6.45) is 6.45. The molecule has 1 aromatic rings. The van der Waals surface area contributed by atoms with Crippen LogP contribution in [0, 0.1) is 24.2 Å². The topological polar surface area (TPSA) is 35.8 Å². The molecule has 0 saturated heterocycles. The lowest BCUT2D eigenvalue weighted by Gasteiger charge is -2.33. The quantitative estimate of drug-likeness (QED) is 0.860. The number of aryl methyl sites for hydroxylation is 1. The summed E-state index contributed by atoms with van der Waals surface area (Å²) in [4.78, 5) is 0. The fourth-order valence-corrected chi connectivity index (χ4v) is 3.02. The highest BCUT2D eigenvalue weighted by Gasteiger charge is 2.24. The van der Waals surface area contributed by atoms with E-state index in [2.05, 4.69) is 31.3 Å². The van der Waals surface area contributed by atoms with E-state index in [0.717, 1.165) is 17.2 Å². The van der Waals surface area contributed by atoms with Crippen LogP contribution in [0.15, 0.2) is 18.2 Å². The zero-order valence-electron chi connectivity index (χ0n) is 11.4. The molecule has 2 rings (SSSR count). The van der Waals surface area contributed by atoms with Crippen molar-refractivity contribution in [1.29, 1.82) is 5.26 Å². The lowest BCUT2D eigenvalue weighted by molar-refractivity contribution is 0.317. The van der Waals surface area contributed by atoms with Gasteiger partial charge in [0.2, 0.25) is 0 Å². The normalized spacial score (nSPS) is 23.4. The fourth-order valence-electron chi connectivity index (χ4n) is 3.02. The van der Waals surface area contributed by atoms with Gasteiger partial charge in [-0.05, 0) is 37.3 Å². The number of benzene rings is 1. The molecule has 96 valence electrons. The summed E-state index contributed by atoms with van der Waals surface area (Å²) in [6.45, 7) is 4.35. The van der Waals surface area contributed by atoms with E-state index in [4.69, 9.17) is 0 Å². The Morgan fingerprint density at radius 1 is 1.33 bits per heavy atom. The Morgan fingerprint density at radius 3 is 2.83 bits per heavy atom. The van der Waals surface area contributed by atoms with Crippen LogP contribution in [0.25, 0.3) is 0 Å². The van der Waals surface area contributed by atoms with Crippen LogP contribution in [-0.4, -0.2) is 6.04 Å². The maximum Gasteiger partial charge on any atom is 0.101 e. The summed E-state index contributed by atoms with van der Waals surface area (Å²) < 4.78 is 0. The highest BCUT2D eigenvalue weighted by Crippen LogP contribution is 2.31. The van der Waals surface area contributed by atoms with Crippen LogP contribution in [0.1, 0.15) is 50.2 Å². The first-order chi connectivity index (χ1) is 8.76. The summed E-state index contributed by atoms with van der Waals surface area (Å²) >= 11 is 0. The van der Waals surface area contributed by atoms with Crippen molar-refractivity contribution in [3.8, 4) is 6.07 Å². The van der Waals surface area contributed by atoms with Crippen LogP contribution in [0.3, 0.4) is 0 Å². The van der Waals surface area contributed by atoms with Crippen LogP contribution < -0.4 is 5.32 Å². The predicted octanol–water partition coefficient (Wildman–Crippen LogP) is 4.25. The third-order valence-corrected chi connectivity index (χ3v) is 4.16. The minimum atomic E-state index is 0.539. The van der Waals surface area contributed by atoms with Gasteiger partial charge in [0.05, 0.1) is 11.3 Å². The van der Waals surface area contributed by atoms with Gasteiger partial charge in [0.15, 0.2) is 0 Å². The largest absolute Gasteiger partial charge is 0.381 e. The third-order valence-electron chi connectivity index (χ3n) is 4.16. The Bertz CT molecular complexity index is 445. The molecular formula is C16H22N2. The second-order valence-electron chi connectivity index (χ2n) is 5.31. The number of nitrogens with one attached hydrogen (secondary N) is 1. The van der Waals surface area contributed by atoms with Gasteiger partial charge in [0.25, 0.3) is 0 Å². The first-order valence-electron chi connectivity index (χ1n) is 7.02. The lowest BCUT2D eigenvalue weighted by Crippen LogP contribution is -2.32. The number of hydrogen-bond donors (Lipinski definition) is 1. The van der Waals surface area contributed by atoms with Crippen molar-refractivity contribution in [1.82, 2.24) is 0 Å². The Morgan fingerprint density at radius 2 is 2.11 bits per heavy atom. The molecule has 0 aromatic heterocycles. The SMILES string of the molecule is CCC1CCCCC1Nc1c(C)cccc1C#N. The van der Waals surface area contributed by atoms with Gasteiger partial charge in [0, 0.05) is 6.04 Å². The maximum atomic E-state index is 9.21. The monoisotopic (exact) mass is 242 g/mol. The van der Waals surface area contributed by atoms with Gasteiger partial charge in [-0.15, -0.1) is 0 Å². The predicted molar refractivity (Wildman–Crippen MR) is 75.6 cm³/mol. The highest BCUT2D eigenvalue weighted by molar-refractivity contribution is 5.62. The Kier molecular flexibility index (Phi) is 4.25. The minimum Gasteiger partial charge on any atom is -0.381 e. The van der Waals surface area contributed by atoms with Crippen LogP contribution in [-0.2, 0) is 0 Å². The van der Waals surface area contributed by atoms with Crippen molar-refractivity contribution >= 4 is 5.69 Å². The second kappa shape index (κ2) is 5.91. The molecule has 2 nitrogen and oxygen atoms in total. The van der Waals surface area contributed by atoms with Gasteiger partial charge in [-0.1, -0.05) is 38.3 Å². The van der Waals surface area contributed by atoms with Crippen LogP contribution in [0.2, 0.25) is 0 Å². The molecule has 1 N–H and O–H groups in total. The number of anilines is 1. The third kappa shape index (κ3) is 2.67. The van der Waals surface area contributed by atoms with Crippen LogP contribution >= 0.6 is 0 Å². The molecule has 1 aliphatic carbocycles. The molecule has 0 bridgehead atoms. The van der Waals surface area contributed by atoms with Crippen molar-refractivity contribution in [3.05, 3.63) is 29.3 Å². The zero-order valence-corrected chi connectivity index (χ0v) is 11.4. The van der Waals surface area contributed by atoms with Crippen molar-refractivity contribution in [2.24, 2.45) is 5.92 Å². The number of nitriles is 1. The fraction of sp³-hybridized carbons (Fsp3) is 0.562. The number of para-hydroxylation sites is 1. The van der Waals surface area contributed by atoms with E-state index in [0.29, 0.717) is 6.04 Å². The molecule has 2 unspecified atom stereocenters. The first kappa shape index (κ1) is 13.0. The summed E-state index contributed by atoms with van der Waals surface area (Å²) in [5.41, 5.74) is 3.00. The number of nitrogens with zero attached hydrogens (tertiary/aromatic N) is 1. The average Bonchev–Trinajstić information content (AvgIpc) is 2.41. The molecule has 0 heterocycles. The Hall–Kier alpha value is -1.49. The van der Waals surface area contributed by atoms with E-state index >= 15 is 0 Å². The standard InChI is InChI=1S/C16H22N2/c1-3-13-8-4-5-10-15(13)18-16-12(2)7-6-9-14(16)11-17/h6-7,9,13,15,18H,3-5,8,10H2,1-2H3. The van der Waals surface area contributed by atoms with Gasteiger partial charge in [-0.3, -0.25) is 0 Å². The van der Waals surface area contributed by atoms with Gasteiger partial charge >= 0.3 is 0 Å². The molecule has 2 heteroatoms. The number of hydrogen-bond acceptors (Lipinski definition) is 2. The summed E-state index contributed by atoms with van der Waals surface area (Å²) in [5, 5.41) is 12.9. The molecular weight excluding hydrogens is 220 g/mol. The van der Waals surface area contributed by atoms with Crippen LogP contribution in [0.5, 0.6) is 0 Å². The van der Waals surface area contributed by atoms with Gasteiger partial charge in [-0.2, -0.15) is 5.26 Å². The summed E-state index contributed by atoms with van der Waals surface area (Å²) in [7, 11) is 0. The molecule has 0 radical (unpaired) electrons. The summed E-state index contributed by atoms with van der Waals surface area (Å²) in [6, 6.07) is 8.77. The van der Waals surface area contributed by atoms with Gasteiger partial charge in [0.1, 0.15) is 6.07 Å². The van der Waals surface area contributed by atoms with E-state index in [1.165, 1.54) is 37.7 Å². The van der Waals surface area contributed by atoms with E-state index in [1.807, 2.05) is 12.1 Å². The Labute approximate surface area is 110 Å². The smallest absolute Gasteiger partial charge is 0.101 e. The van der Waals surface area contributed by atoms with E-state index < -0.39 is 0 Å². The maximum absolute atomic E-state index is 9.21. The molecule has 1 aromatic carbocycles. The molecule has 0 amide bonds.